The molecule has 1 aliphatic rings. The van der Waals surface area contributed by atoms with Crippen molar-refractivity contribution in [2.75, 3.05) is 0 Å². The van der Waals surface area contributed by atoms with Gasteiger partial charge in [-0.15, -0.1) is 0 Å². The molecule has 0 bridgehead atoms. The number of phenolic OH excluding ortho intramolecular Hbond substituents is 1. The molecule has 0 aliphatic heterocycles. The third-order valence-corrected chi connectivity index (χ3v) is 4.46. The Kier molecular flexibility index (Phi) is 4.03. The molecule has 0 atom stereocenters. The van der Waals surface area contributed by atoms with Gasteiger partial charge in [0.2, 0.25) is 11.6 Å². The number of Topliss-reactive ketones (excluding diaryl/α,β-unsaturated/α-hetero) is 2. The van der Waals surface area contributed by atoms with Crippen LogP contribution in [0.3, 0.4) is 0 Å². The summed E-state index contributed by atoms with van der Waals surface area (Å²) in [5, 5.41) is 21.0. The first-order valence-electron chi connectivity index (χ1n) is 8.11. The predicted molar refractivity (Wildman–Crippen MR) is 97.4 cm³/mol. The summed E-state index contributed by atoms with van der Waals surface area (Å²) in [5.74, 6) is -2.05. The van der Waals surface area contributed by atoms with Crippen LogP contribution < -0.4 is 0 Å². The van der Waals surface area contributed by atoms with E-state index in [1.807, 2.05) is 20.8 Å². The second-order valence-electron chi connectivity index (χ2n) is 7.26. The Morgan fingerprint density at radius 1 is 0.923 bits per heavy atom. The van der Waals surface area contributed by atoms with Gasteiger partial charge in [0, 0.05) is 16.7 Å². The fourth-order valence-electron chi connectivity index (χ4n) is 3.10. The quantitative estimate of drug-likeness (QED) is 0.636. The van der Waals surface area contributed by atoms with E-state index in [4.69, 9.17) is 0 Å². The van der Waals surface area contributed by atoms with Crippen LogP contribution in [0, 0.1) is 0 Å². The number of rotatable bonds is 2. The lowest BCUT2D eigenvalue weighted by atomic mass is 9.80. The van der Waals surface area contributed by atoms with E-state index >= 15 is 0 Å². The summed E-state index contributed by atoms with van der Waals surface area (Å²) in [6.45, 7) is 5.54. The van der Waals surface area contributed by atoms with E-state index in [1.54, 1.807) is 18.2 Å². The number of fused-ring (bicyclic) bond motifs is 1. The van der Waals surface area contributed by atoms with E-state index in [-0.39, 0.29) is 39.3 Å². The molecule has 5 heteroatoms. The highest BCUT2D eigenvalue weighted by molar-refractivity contribution is 6.62. The molecule has 0 aromatic heterocycles. The van der Waals surface area contributed by atoms with Gasteiger partial charge in [0.1, 0.15) is 11.5 Å². The number of hydrogen-bond donors (Lipinski definition) is 2. The van der Waals surface area contributed by atoms with Crippen molar-refractivity contribution in [2.45, 2.75) is 26.2 Å². The maximum absolute atomic E-state index is 12.6. The van der Waals surface area contributed by atoms with Gasteiger partial charge in [0.15, 0.2) is 6.29 Å². The molecule has 0 radical (unpaired) electrons. The number of aldehydes is 1. The summed E-state index contributed by atoms with van der Waals surface area (Å²) in [5.41, 5.74) is 0.383. The predicted octanol–water partition coefficient (Wildman–Crippen LogP) is 3.69. The van der Waals surface area contributed by atoms with Crippen LogP contribution >= 0.6 is 0 Å². The molecule has 2 aromatic carbocycles. The summed E-state index contributed by atoms with van der Waals surface area (Å²) in [7, 11) is 0. The molecule has 5 nitrogen and oxygen atoms in total. The number of hydrogen-bond acceptors (Lipinski definition) is 5. The lowest BCUT2D eigenvalue weighted by Crippen LogP contribution is -2.23. The lowest BCUT2D eigenvalue weighted by molar-refractivity contribution is -0.110. The average molecular weight is 350 g/mol. The summed E-state index contributed by atoms with van der Waals surface area (Å²) >= 11 is 0. The molecule has 0 spiro atoms. The number of ketones is 2. The molecule has 0 saturated heterocycles. The molecular weight excluding hydrogens is 332 g/mol. The fraction of sp³-hybridized carbons (Fsp3) is 0.190. The van der Waals surface area contributed by atoms with Crippen LogP contribution in [0.4, 0.5) is 0 Å². The smallest absolute Gasteiger partial charge is 0.237 e. The average Bonchev–Trinajstić information content (AvgIpc) is 2.60. The van der Waals surface area contributed by atoms with Gasteiger partial charge in [-0.05, 0) is 23.1 Å². The van der Waals surface area contributed by atoms with Crippen LogP contribution in [-0.2, 0) is 10.2 Å². The van der Waals surface area contributed by atoms with Gasteiger partial charge in [-0.25, -0.2) is 0 Å². The molecular formula is C21H18O5. The van der Waals surface area contributed by atoms with Crippen molar-refractivity contribution < 1.29 is 24.6 Å². The van der Waals surface area contributed by atoms with Crippen LogP contribution in [0.15, 0.2) is 36.4 Å². The zero-order valence-corrected chi connectivity index (χ0v) is 14.7. The first-order valence-corrected chi connectivity index (χ1v) is 8.11. The molecule has 26 heavy (non-hydrogen) atoms. The highest BCUT2D eigenvalue weighted by atomic mass is 16.3. The molecule has 0 amide bonds. The van der Waals surface area contributed by atoms with Crippen molar-refractivity contribution in [1.29, 1.82) is 0 Å². The van der Waals surface area contributed by atoms with Gasteiger partial charge in [-0.1, -0.05) is 45.0 Å². The van der Waals surface area contributed by atoms with Crippen LogP contribution in [-0.4, -0.2) is 28.1 Å². The van der Waals surface area contributed by atoms with Crippen molar-refractivity contribution in [3.63, 3.8) is 0 Å². The van der Waals surface area contributed by atoms with Crippen LogP contribution in [0.1, 0.15) is 58.2 Å². The van der Waals surface area contributed by atoms with E-state index in [9.17, 15) is 24.6 Å². The molecule has 2 N–H and O–H groups in total. The van der Waals surface area contributed by atoms with Crippen LogP contribution in [0.2, 0.25) is 0 Å². The molecule has 0 heterocycles. The normalized spacial score (nSPS) is 14.4. The second kappa shape index (κ2) is 5.95. The zero-order chi connectivity index (χ0) is 19.2. The highest BCUT2D eigenvalue weighted by Crippen LogP contribution is 2.39. The number of carbonyl (C=O) groups excluding carboxylic acids is 3. The molecule has 0 unspecified atom stereocenters. The Labute approximate surface area is 150 Å². The van der Waals surface area contributed by atoms with Gasteiger partial charge < -0.3 is 10.2 Å². The number of allylic oxidation sites excluding steroid dienone is 1. The largest absolute Gasteiger partial charge is 0.507 e. The van der Waals surface area contributed by atoms with Crippen molar-refractivity contribution in [1.82, 2.24) is 0 Å². The number of benzene rings is 2. The third kappa shape index (κ3) is 2.62. The summed E-state index contributed by atoms with van der Waals surface area (Å²) in [6, 6.07) is 9.15. The van der Waals surface area contributed by atoms with Crippen molar-refractivity contribution in [2.24, 2.45) is 0 Å². The maximum Gasteiger partial charge on any atom is 0.237 e. The van der Waals surface area contributed by atoms with Crippen molar-refractivity contribution >= 4 is 29.2 Å². The van der Waals surface area contributed by atoms with Crippen molar-refractivity contribution in [3.8, 4) is 5.75 Å². The fourth-order valence-corrected chi connectivity index (χ4v) is 3.10. The standard InChI is InChI=1S/C21H18O5/c1-21(2,3)15-9-11(8-12(10-22)17(15)23)16-18(24)13-6-4-5-7-14(13)19(25)20(16)26/h4-10,23-24H,1-3H3. The van der Waals surface area contributed by atoms with E-state index < -0.39 is 17.0 Å². The Morgan fingerprint density at radius 2 is 1.54 bits per heavy atom. The van der Waals surface area contributed by atoms with Gasteiger partial charge in [-0.2, -0.15) is 0 Å². The number of aliphatic hydroxyl groups excluding tert-OH is 1. The van der Waals surface area contributed by atoms with E-state index in [1.165, 1.54) is 18.2 Å². The van der Waals surface area contributed by atoms with Crippen LogP contribution in [0.25, 0.3) is 11.3 Å². The second-order valence-corrected chi connectivity index (χ2v) is 7.26. The first kappa shape index (κ1) is 17.6. The monoisotopic (exact) mass is 350 g/mol. The minimum atomic E-state index is -0.844. The molecule has 0 saturated carbocycles. The maximum atomic E-state index is 12.6. The minimum absolute atomic E-state index is 0.00756. The Bertz CT molecular complexity index is 990. The first-order chi connectivity index (χ1) is 12.2. The Morgan fingerprint density at radius 3 is 2.12 bits per heavy atom. The van der Waals surface area contributed by atoms with Gasteiger partial charge in [-0.3, -0.25) is 14.4 Å². The number of aromatic hydroxyl groups is 1. The molecule has 2 aromatic rings. The van der Waals surface area contributed by atoms with Crippen LogP contribution in [0.5, 0.6) is 5.75 Å². The molecule has 132 valence electrons. The number of carbonyl (C=O) groups is 3. The van der Waals surface area contributed by atoms with E-state index in [2.05, 4.69) is 0 Å². The molecule has 0 fully saturated rings. The van der Waals surface area contributed by atoms with E-state index in [0.29, 0.717) is 11.8 Å². The number of aliphatic hydroxyl groups is 1. The summed E-state index contributed by atoms with van der Waals surface area (Å²) in [6.07, 6.45) is 0.481. The zero-order valence-electron chi connectivity index (χ0n) is 14.7. The Hall–Kier alpha value is -3.21. The van der Waals surface area contributed by atoms with Gasteiger partial charge in [0.05, 0.1) is 11.1 Å². The molecule has 1 aliphatic carbocycles. The third-order valence-electron chi connectivity index (χ3n) is 4.46. The number of phenols is 1. The van der Waals surface area contributed by atoms with Gasteiger partial charge in [0.25, 0.3) is 0 Å². The summed E-state index contributed by atoms with van der Waals surface area (Å²) in [4.78, 5) is 36.4. The van der Waals surface area contributed by atoms with E-state index in [0.717, 1.165) is 0 Å². The van der Waals surface area contributed by atoms with Crippen molar-refractivity contribution in [3.05, 3.63) is 64.2 Å². The topological polar surface area (TPSA) is 91.7 Å². The van der Waals surface area contributed by atoms with Gasteiger partial charge >= 0.3 is 0 Å². The Balaban J connectivity index is 2.35. The minimum Gasteiger partial charge on any atom is -0.507 e. The lowest BCUT2D eigenvalue weighted by Gasteiger charge is -2.24. The summed E-state index contributed by atoms with van der Waals surface area (Å²) < 4.78 is 0. The highest BCUT2D eigenvalue weighted by Gasteiger charge is 2.34. The molecule has 3 rings (SSSR count). The SMILES string of the molecule is CC(C)(C)c1cc(C2=C(O)c3ccccc3C(=O)C2=O)cc(C=O)c1O.